The van der Waals surface area contributed by atoms with Crippen molar-refractivity contribution in [3.63, 3.8) is 0 Å². The third-order valence-electron chi connectivity index (χ3n) is 2.52. The second-order valence-corrected chi connectivity index (χ2v) is 6.38. The number of rotatable bonds is 7. The largest absolute Gasteiger partial charge is 0.323 e. The van der Waals surface area contributed by atoms with Gasteiger partial charge in [0.05, 0.1) is 30.2 Å². The molecule has 0 aromatic carbocycles. The van der Waals surface area contributed by atoms with Crippen molar-refractivity contribution in [1.82, 2.24) is 15.0 Å². The van der Waals surface area contributed by atoms with Gasteiger partial charge in [0, 0.05) is 5.75 Å². The molecule has 6 nitrogen and oxygen atoms in total. The Morgan fingerprint density at radius 2 is 2.12 bits per heavy atom. The molecule has 1 heterocycles. The van der Waals surface area contributed by atoms with E-state index in [1.807, 2.05) is 13.8 Å². The molecule has 0 aliphatic rings. The van der Waals surface area contributed by atoms with Crippen LogP contribution in [0.15, 0.2) is 6.20 Å². The SMILES string of the molecule is CCCS(=O)(=O)CCn1cc(C(N)CC)nn1. The first-order valence-electron chi connectivity index (χ1n) is 5.84. The zero-order chi connectivity index (χ0) is 12.9. The predicted octanol–water partition coefficient (Wildman–Crippen LogP) is 0.513. The minimum atomic E-state index is -2.97. The fourth-order valence-electron chi connectivity index (χ4n) is 1.45. The number of aromatic nitrogens is 3. The Balaban J connectivity index is 2.56. The van der Waals surface area contributed by atoms with Crippen LogP contribution in [0.5, 0.6) is 0 Å². The van der Waals surface area contributed by atoms with Gasteiger partial charge in [0.2, 0.25) is 0 Å². The van der Waals surface area contributed by atoms with E-state index in [1.54, 1.807) is 6.20 Å². The van der Waals surface area contributed by atoms with Crippen molar-refractivity contribution in [2.75, 3.05) is 11.5 Å². The highest BCUT2D eigenvalue weighted by atomic mass is 32.2. The fourth-order valence-corrected chi connectivity index (χ4v) is 2.74. The molecule has 0 fully saturated rings. The summed E-state index contributed by atoms with van der Waals surface area (Å²) in [5, 5.41) is 7.80. The van der Waals surface area contributed by atoms with E-state index < -0.39 is 9.84 Å². The van der Waals surface area contributed by atoms with Gasteiger partial charge in [-0.2, -0.15) is 0 Å². The van der Waals surface area contributed by atoms with Gasteiger partial charge in [-0.3, -0.25) is 4.68 Å². The molecule has 0 saturated carbocycles. The summed E-state index contributed by atoms with van der Waals surface area (Å²) in [5.74, 6) is 0.327. The van der Waals surface area contributed by atoms with Gasteiger partial charge in [0.25, 0.3) is 0 Å². The summed E-state index contributed by atoms with van der Waals surface area (Å²) in [6.45, 7) is 4.16. The summed E-state index contributed by atoms with van der Waals surface area (Å²) in [6, 6.07) is -0.129. The Hall–Kier alpha value is -0.950. The van der Waals surface area contributed by atoms with E-state index in [-0.39, 0.29) is 17.5 Å². The van der Waals surface area contributed by atoms with Crippen LogP contribution in [-0.2, 0) is 16.4 Å². The van der Waals surface area contributed by atoms with Crippen LogP contribution in [0.1, 0.15) is 38.4 Å². The lowest BCUT2D eigenvalue weighted by molar-refractivity contribution is 0.574. The van der Waals surface area contributed by atoms with Crippen molar-refractivity contribution < 1.29 is 8.42 Å². The van der Waals surface area contributed by atoms with Gasteiger partial charge < -0.3 is 5.73 Å². The highest BCUT2D eigenvalue weighted by Crippen LogP contribution is 2.09. The second kappa shape index (κ2) is 6.11. The maximum absolute atomic E-state index is 11.5. The number of hydrogen-bond acceptors (Lipinski definition) is 5. The zero-order valence-corrected chi connectivity index (χ0v) is 11.2. The van der Waals surface area contributed by atoms with Crippen molar-refractivity contribution >= 4 is 9.84 Å². The summed E-state index contributed by atoms with van der Waals surface area (Å²) < 4.78 is 24.6. The van der Waals surface area contributed by atoms with E-state index >= 15 is 0 Å². The Morgan fingerprint density at radius 1 is 1.41 bits per heavy atom. The molecule has 1 rings (SSSR count). The molecule has 0 radical (unpaired) electrons. The first-order chi connectivity index (χ1) is 7.98. The molecule has 1 aromatic heterocycles. The van der Waals surface area contributed by atoms with Gasteiger partial charge >= 0.3 is 0 Å². The van der Waals surface area contributed by atoms with Gasteiger partial charge in [-0.1, -0.05) is 19.1 Å². The van der Waals surface area contributed by atoms with E-state index in [1.165, 1.54) is 4.68 Å². The van der Waals surface area contributed by atoms with Crippen LogP contribution in [0.25, 0.3) is 0 Å². The molecule has 0 bridgehead atoms. The smallest absolute Gasteiger partial charge is 0.152 e. The fraction of sp³-hybridized carbons (Fsp3) is 0.800. The summed E-state index contributed by atoms with van der Waals surface area (Å²) in [7, 11) is -2.97. The predicted molar refractivity (Wildman–Crippen MR) is 66.2 cm³/mol. The van der Waals surface area contributed by atoms with Crippen LogP contribution in [0.2, 0.25) is 0 Å². The Kier molecular flexibility index (Phi) is 5.07. The van der Waals surface area contributed by atoms with Crippen LogP contribution in [0, 0.1) is 0 Å². The molecule has 0 saturated heterocycles. The van der Waals surface area contributed by atoms with Crippen LogP contribution in [-0.4, -0.2) is 34.9 Å². The lowest BCUT2D eigenvalue weighted by Gasteiger charge is -2.03. The van der Waals surface area contributed by atoms with Gasteiger partial charge in [0.15, 0.2) is 9.84 Å². The van der Waals surface area contributed by atoms with Crippen LogP contribution in [0.3, 0.4) is 0 Å². The number of nitrogens with two attached hydrogens (primary N) is 1. The van der Waals surface area contributed by atoms with Crippen molar-refractivity contribution in [2.24, 2.45) is 5.73 Å². The molecule has 17 heavy (non-hydrogen) atoms. The summed E-state index contributed by atoms with van der Waals surface area (Å²) in [4.78, 5) is 0. The normalized spacial score (nSPS) is 13.8. The molecular formula is C10H20N4O2S. The molecule has 1 atom stereocenters. The maximum atomic E-state index is 11.5. The molecule has 0 spiro atoms. The molecule has 2 N–H and O–H groups in total. The maximum Gasteiger partial charge on any atom is 0.152 e. The zero-order valence-electron chi connectivity index (χ0n) is 10.3. The average Bonchev–Trinajstić information content (AvgIpc) is 2.74. The molecule has 0 amide bonds. The number of hydrogen-bond donors (Lipinski definition) is 1. The van der Waals surface area contributed by atoms with E-state index in [4.69, 9.17) is 5.73 Å². The molecule has 1 aromatic rings. The van der Waals surface area contributed by atoms with Gasteiger partial charge in [-0.15, -0.1) is 5.10 Å². The second-order valence-electron chi connectivity index (χ2n) is 4.07. The number of nitrogens with zero attached hydrogens (tertiary/aromatic N) is 3. The molecule has 7 heteroatoms. The van der Waals surface area contributed by atoms with E-state index in [9.17, 15) is 8.42 Å². The first-order valence-corrected chi connectivity index (χ1v) is 7.66. The van der Waals surface area contributed by atoms with Gasteiger partial charge in [-0.05, 0) is 12.8 Å². The lowest BCUT2D eigenvalue weighted by Crippen LogP contribution is -2.16. The molecular weight excluding hydrogens is 240 g/mol. The molecule has 0 aliphatic carbocycles. The monoisotopic (exact) mass is 260 g/mol. The third-order valence-corrected chi connectivity index (χ3v) is 4.36. The van der Waals surface area contributed by atoms with Gasteiger partial charge in [0.1, 0.15) is 0 Å². The van der Waals surface area contributed by atoms with Crippen LogP contribution in [0.4, 0.5) is 0 Å². The average molecular weight is 260 g/mol. The first kappa shape index (κ1) is 14.1. The summed E-state index contributed by atoms with van der Waals surface area (Å²) in [6.07, 6.45) is 3.15. The molecule has 1 unspecified atom stereocenters. The van der Waals surface area contributed by atoms with Crippen LogP contribution >= 0.6 is 0 Å². The van der Waals surface area contributed by atoms with Crippen LogP contribution < -0.4 is 5.73 Å². The Bertz CT molecular complexity index is 441. The topological polar surface area (TPSA) is 90.9 Å². The minimum absolute atomic E-state index is 0.102. The van der Waals surface area contributed by atoms with Gasteiger partial charge in [-0.25, -0.2) is 8.42 Å². The van der Waals surface area contributed by atoms with E-state index in [0.717, 1.165) is 6.42 Å². The van der Waals surface area contributed by atoms with Crippen molar-refractivity contribution in [3.05, 3.63) is 11.9 Å². The number of aryl methyl sites for hydroxylation is 1. The Labute approximate surface area is 102 Å². The standard InChI is InChI=1S/C10H20N4O2S/c1-3-6-17(15,16)7-5-14-8-10(12-13-14)9(11)4-2/h8-9H,3-7,11H2,1-2H3. The van der Waals surface area contributed by atoms with Crippen molar-refractivity contribution in [1.29, 1.82) is 0 Å². The molecule has 98 valence electrons. The summed E-state index contributed by atoms with van der Waals surface area (Å²) in [5.41, 5.74) is 6.51. The minimum Gasteiger partial charge on any atom is -0.323 e. The summed E-state index contributed by atoms with van der Waals surface area (Å²) >= 11 is 0. The van der Waals surface area contributed by atoms with E-state index in [0.29, 0.717) is 18.7 Å². The van der Waals surface area contributed by atoms with Crippen molar-refractivity contribution in [3.8, 4) is 0 Å². The highest BCUT2D eigenvalue weighted by Gasteiger charge is 2.12. The highest BCUT2D eigenvalue weighted by molar-refractivity contribution is 7.91. The Morgan fingerprint density at radius 3 is 2.71 bits per heavy atom. The quantitative estimate of drug-likeness (QED) is 0.771. The number of sulfone groups is 1. The lowest BCUT2D eigenvalue weighted by atomic mass is 10.2. The van der Waals surface area contributed by atoms with E-state index in [2.05, 4.69) is 10.3 Å². The van der Waals surface area contributed by atoms with Crippen molar-refractivity contribution in [2.45, 2.75) is 39.3 Å². The molecule has 0 aliphatic heterocycles. The third kappa shape index (κ3) is 4.43.